The van der Waals surface area contributed by atoms with Crippen LogP contribution in [0.4, 0.5) is 0 Å². The number of carbonyl (C=O) groups is 1. The summed E-state index contributed by atoms with van der Waals surface area (Å²) in [5.41, 5.74) is 1.65. The molecule has 2 aromatic rings. The van der Waals surface area contributed by atoms with Gasteiger partial charge in [0.25, 0.3) is 0 Å². The van der Waals surface area contributed by atoms with Crippen LogP contribution in [0.25, 0.3) is 10.9 Å². The summed E-state index contributed by atoms with van der Waals surface area (Å²) in [5.74, 6) is -1.20. The third-order valence-corrected chi connectivity index (χ3v) is 3.47. The molecule has 6 nitrogen and oxygen atoms in total. The zero-order valence-corrected chi connectivity index (χ0v) is 11.1. The number of sulfonamides is 1. The van der Waals surface area contributed by atoms with Gasteiger partial charge in [-0.15, -0.1) is 0 Å². The number of para-hydroxylation sites is 1. The lowest BCUT2D eigenvalue weighted by atomic mass is 10.1. The van der Waals surface area contributed by atoms with E-state index in [0.29, 0.717) is 0 Å². The summed E-state index contributed by atoms with van der Waals surface area (Å²) in [6, 6.07) is 6.28. The van der Waals surface area contributed by atoms with Crippen molar-refractivity contribution in [3.63, 3.8) is 0 Å². The Hall–Kier alpha value is -1.86. The average molecular weight is 282 g/mol. The Morgan fingerprint density at radius 1 is 1.42 bits per heavy atom. The molecule has 1 atom stereocenters. The Morgan fingerprint density at radius 2 is 2.11 bits per heavy atom. The number of H-pyrrole nitrogens is 1. The molecule has 0 aliphatic rings. The smallest absolute Gasteiger partial charge is 0.322 e. The van der Waals surface area contributed by atoms with Gasteiger partial charge in [0.05, 0.1) is 6.26 Å². The maximum Gasteiger partial charge on any atom is 0.322 e. The van der Waals surface area contributed by atoms with Gasteiger partial charge in [-0.2, -0.15) is 0 Å². The number of aromatic amines is 1. The summed E-state index contributed by atoms with van der Waals surface area (Å²) in [6.07, 6.45) is 2.73. The van der Waals surface area contributed by atoms with Gasteiger partial charge in [0.1, 0.15) is 6.04 Å². The van der Waals surface area contributed by atoms with Crippen molar-refractivity contribution in [3.05, 3.63) is 36.0 Å². The normalized spacial score (nSPS) is 13.5. The van der Waals surface area contributed by atoms with Crippen molar-refractivity contribution in [1.82, 2.24) is 9.71 Å². The molecule has 0 saturated heterocycles. The fourth-order valence-corrected chi connectivity index (χ4v) is 2.66. The zero-order chi connectivity index (χ0) is 14.0. The Morgan fingerprint density at radius 3 is 2.74 bits per heavy atom. The van der Waals surface area contributed by atoms with E-state index in [-0.39, 0.29) is 6.42 Å². The summed E-state index contributed by atoms with van der Waals surface area (Å²) >= 11 is 0. The molecule has 0 bridgehead atoms. The second-order valence-corrected chi connectivity index (χ2v) is 6.12. The number of benzene rings is 1. The molecule has 19 heavy (non-hydrogen) atoms. The topological polar surface area (TPSA) is 99.3 Å². The summed E-state index contributed by atoms with van der Waals surface area (Å²) < 4.78 is 24.4. The number of hydrogen-bond acceptors (Lipinski definition) is 3. The molecule has 0 aliphatic carbocycles. The molecule has 0 saturated carbocycles. The molecule has 0 radical (unpaired) electrons. The second kappa shape index (κ2) is 5.02. The quantitative estimate of drug-likeness (QED) is 0.752. The van der Waals surface area contributed by atoms with Crippen molar-refractivity contribution in [2.24, 2.45) is 0 Å². The molecule has 0 amide bonds. The van der Waals surface area contributed by atoms with Crippen molar-refractivity contribution in [1.29, 1.82) is 0 Å². The van der Waals surface area contributed by atoms with Gasteiger partial charge in [-0.05, 0) is 11.6 Å². The van der Waals surface area contributed by atoms with Crippen LogP contribution in [0, 0.1) is 0 Å². The van der Waals surface area contributed by atoms with Crippen LogP contribution < -0.4 is 4.72 Å². The van der Waals surface area contributed by atoms with Crippen LogP contribution in [0.3, 0.4) is 0 Å². The molecule has 1 aromatic heterocycles. The summed E-state index contributed by atoms with van der Waals surface area (Å²) in [7, 11) is -3.57. The van der Waals surface area contributed by atoms with Crippen molar-refractivity contribution in [2.45, 2.75) is 12.5 Å². The molecule has 0 unspecified atom stereocenters. The van der Waals surface area contributed by atoms with Gasteiger partial charge < -0.3 is 10.1 Å². The number of hydrogen-bond donors (Lipinski definition) is 3. The highest BCUT2D eigenvalue weighted by Gasteiger charge is 2.22. The van der Waals surface area contributed by atoms with E-state index in [1.807, 2.05) is 24.3 Å². The summed E-state index contributed by atoms with van der Waals surface area (Å²) in [5, 5.41) is 9.96. The van der Waals surface area contributed by atoms with Crippen LogP contribution in [-0.2, 0) is 21.2 Å². The molecule has 3 N–H and O–H groups in total. The lowest BCUT2D eigenvalue weighted by molar-refractivity contribution is -0.138. The number of nitrogens with one attached hydrogen (secondary N) is 2. The van der Waals surface area contributed by atoms with E-state index >= 15 is 0 Å². The van der Waals surface area contributed by atoms with E-state index in [9.17, 15) is 13.2 Å². The molecule has 0 spiro atoms. The number of aromatic nitrogens is 1. The van der Waals surface area contributed by atoms with E-state index in [1.165, 1.54) is 0 Å². The van der Waals surface area contributed by atoms with Gasteiger partial charge >= 0.3 is 5.97 Å². The third-order valence-electron chi connectivity index (χ3n) is 2.75. The lowest BCUT2D eigenvalue weighted by Gasteiger charge is -2.12. The summed E-state index contributed by atoms with van der Waals surface area (Å²) in [6.45, 7) is 0. The van der Waals surface area contributed by atoms with E-state index in [1.54, 1.807) is 6.20 Å². The monoisotopic (exact) mass is 282 g/mol. The first-order valence-electron chi connectivity index (χ1n) is 5.62. The van der Waals surface area contributed by atoms with Crippen molar-refractivity contribution in [3.8, 4) is 0 Å². The predicted molar refractivity (Wildman–Crippen MR) is 71.4 cm³/mol. The van der Waals surface area contributed by atoms with E-state index in [4.69, 9.17) is 5.11 Å². The summed E-state index contributed by atoms with van der Waals surface area (Å²) in [4.78, 5) is 14.1. The van der Waals surface area contributed by atoms with Crippen LogP contribution in [0.1, 0.15) is 5.56 Å². The number of carboxylic acids is 1. The Kier molecular flexibility index (Phi) is 3.59. The minimum absolute atomic E-state index is 0.0897. The first kappa shape index (κ1) is 13.6. The number of rotatable bonds is 5. The fraction of sp³-hybridized carbons (Fsp3) is 0.250. The Balaban J connectivity index is 2.29. The molecule has 102 valence electrons. The van der Waals surface area contributed by atoms with Gasteiger partial charge in [-0.3, -0.25) is 4.79 Å². The highest BCUT2D eigenvalue weighted by Crippen LogP contribution is 2.19. The molecular weight excluding hydrogens is 268 g/mol. The molecule has 0 aliphatic heterocycles. The largest absolute Gasteiger partial charge is 0.480 e. The Labute approximate surface area is 110 Å². The van der Waals surface area contributed by atoms with E-state index in [0.717, 1.165) is 22.7 Å². The SMILES string of the molecule is CS(=O)(=O)N[C@@H](Cc1c[nH]c2ccccc12)C(=O)O. The first-order chi connectivity index (χ1) is 8.87. The standard InChI is InChI=1S/C12H14N2O4S/c1-19(17,18)14-11(12(15)16)6-8-7-13-10-5-3-2-4-9(8)10/h2-5,7,11,13-14H,6H2,1H3,(H,15,16)/t11-/m0/s1. The van der Waals surface area contributed by atoms with Crippen LogP contribution >= 0.6 is 0 Å². The van der Waals surface area contributed by atoms with Crippen molar-refractivity contribution in [2.75, 3.05) is 6.26 Å². The molecule has 7 heteroatoms. The van der Waals surface area contributed by atoms with E-state index < -0.39 is 22.0 Å². The van der Waals surface area contributed by atoms with Crippen LogP contribution in [0.2, 0.25) is 0 Å². The molecule has 1 heterocycles. The maximum absolute atomic E-state index is 11.2. The highest BCUT2D eigenvalue weighted by atomic mass is 32.2. The van der Waals surface area contributed by atoms with Crippen LogP contribution in [0.5, 0.6) is 0 Å². The number of carboxylic acid groups (broad SMARTS) is 1. The number of aliphatic carboxylic acids is 1. The van der Waals surface area contributed by atoms with Gasteiger partial charge in [0.15, 0.2) is 0 Å². The molecule has 1 aromatic carbocycles. The average Bonchev–Trinajstić information content (AvgIpc) is 2.70. The molecule has 0 fully saturated rings. The maximum atomic E-state index is 11.2. The highest BCUT2D eigenvalue weighted by molar-refractivity contribution is 7.88. The fourth-order valence-electron chi connectivity index (χ4n) is 1.96. The van der Waals surface area contributed by atoms with Gasteiger partial charge in [0.2, 0.25) is 10.0 Å². The second-order valence-electron chi connectivity index (χ2n) is 4.34. The zero-order valence-electron chi connectivity index (χ0n) is 10.3. The van der Waals surface area contributed by atoms with Gasteiger partial charge in [-0.25, -0.2) is 13.1 Å². The lowest BCUT2D eigenvalue weighted by Crippen LogP contribution is -2.41. The first-order valence-corrected chi connectivity index (χ1v) is 7.51. The predicted octanol–water partition coefficient (Wildman–Crippen LogP) is 0.713. The van der Waals surface area contributed by atoms with Gasteiger partial charge in [0, 0.05) is 23.5 Å². The minimum atomic E-state index is -3.57. The van der Waals surface area contributed by atoms with E-state index in [2.05, 4.69) is 9.71 Å². The van der Waals surface area contributed by atoms with Crippen molar-refractivity contribution >= 4 is 26.9 Å². The minimum Gasteiger partial charge on any atom is -0.480 e. The van der Waals surface area contributed by atoms with Crippen molar-refractivity contribution < 1.29 is 18.3 Å². The Bertz CT molecular complexity index is 705. The third kappa shape index (κ3) is 3.33. The number of fused-ring (bicyclic) bond motifs is 1. The van der Waals surface area contributed by atoms with Gasteiger partial charge in [-0.1, -0.05) is 18.2 Å². The van der Waals surface area contributed by atoms with Crippen LogP contribution in [-0.4, -0.2) is 36.8 Å². The molecular formula is C12H14N2O4S. The van der Waals surface area contributed by atoms with Crippen LogP contribution in [0.15, 0.2) is 30.5 Å². The molecule has 2 rings (SSSR count).